The lowest BCUT2D eigenvalue weighted by Gasteiger charge is -2.17. The van der Waals surface area contributed by atoms with Crippen molar-refractivity contribution in [3.63, 3.8) is 0 Å². The minimum Gasteiger partial charge on any atom is -0.342 e. The lowest BCUT2D eigenvalue weighted by Crippen LogP contribution is -2.28. The third-order valence-corrected chi connectivity index (χ3v) is 3.07. The van der Waals surface area contributed by atoms with Gasteiger partial charge in [0, 0.05) is 28.1 Å². The average Bonchev–Trinajstić information content (AvgIpc) is 2.23. The summed E-state index contributed by atoms with van der Waals surface area (Å²) in [4.78, 5) is 13.7. The number of carbonyl (C=O) groups is 1. The molecule has 0 bridgehead atoms. The van der Waals surface area contributed by atoms with Crippen molar-refractivity contribution >= 4 is 37.8 Å². The molecule has 0 heterocycles. The Bertz CT molecular complexity index is 362. The van der Waals surface area contributed by atoms with Crippen LogP contribution in [0.3, 0.4) is 0 Å². The Labute approximate surface area is 112 Å². The fraction of sp³-hybridized carbons (Fsp3) is 0.364. The minimum atomic E-state index is 0.00968. The van der Waals surface area contributed by atoms with Gasteiger partial charge >= 0.3 is 0 Å². The van der Waals surface area contributed by atoms with Gasteiger partial charge in [-0.15, -0.1) is 0 Å². The molecule has 0 aliphatic heterocycles. The van der Waals surface area contributed by atoms with E-state index in [1.807, 2.05) is 18.2 Å². The Kier molecular flexibility index (Phi) is 5.44. The van der Waals surface area contributed by atoms with Crippen molar-refractivity contribution in [2.24, 2.45) is 5.73 Å². The van der Waals surface area contributed by atoms with Crippen LogP contribution in [0.25, 0.3) is 0 Å². The monoisotopic (exact) mass is 348 g/mol. The van der Waals surface area contributed by atoms with Gasteiger partial charge in [0.05, 0.1) is 0 Å². The molecule has 0 fully saturated rings. The number of carbonyl (C=O) groups excluding carboxylic acids is 1. The van der Waals surface area contributed by atoms with Gasteiger partial charge in [-0.1, -0.05) is 31.9 Å². The summed E-state index contributed by atoms with van der Waals surface area (Å²) in [5, 5.41) is 0. The highest BCUT2D eigenvalue weighted by Gasteiger charge is 2.12. The molecule has 3 nitrogen and oxygen atoms in total. The van der Waals surface area contributed by atoms with E-state index < -0.39 is 0 Å². The normalized spacial score (nSPS) is 10.2. The molecule has 0 aromatic heterocycles. The molecule has 0 unspecified atom stereocenters. The predicted molar refractivity (Wildman–Crippen MR) is 72.5 cm³/mol. The summed E-state index contributed by atoms with van der Waals surface area (Å²) in [6.07, 6.45) is 0.817. The molecule has 1 amide bonds. The maximum absolute atomic E-state index is 12.0. The summed E-state index contributed by atoms with van der Waals surface area (Å²) in [6, 6.07) is 5.52. The van der Waals surface area contributed by atoms with Crippen molar-refractivity contribution in [3.8, 4) is 0 Å². The van der Waals surface area contributed by atoms with Crippen LogP contribution in [-0.4, -0.2) is 30.9 Å². The van der Waals surface area contributed by atoms with Crippen LogP contribution in [-0.2, 0) is 0 Å². The summed E-state index contributed by atoms with van der Waals surface area (Å²) in [6.45, 7) is 1.28. The molecule has 1 rings (SSSR count). The van der Waals surface area contributed by atoms with Crippen LogP contribution >= 0.6 is 31.9 Å². The lowest BCUT2D eigenvalue weighted by molar-refractivity contribution is 0.0794. The van der Waals surface area contributed by atoms with Crippen molar-refractivity contribution in [1.29, 1.82) is 0 Å². The van der Waals surface area contributed by atoms with Gasteiger partial charge in [-0.05, 0) is 31.2 Å². The fourth-order valence-corrected chi connectivity index (χ4v) is 2.62. The third kappa shape index (κ3) is 3.88. The average molecular weight is 350 g/mol. The van der Waals surface area contributed by atoms with Crippen molar-refractivity contribution in [2.75, 3.05) is 20.1 Å². The van der Waals surface area contributed by atoms with E-state index in [1.165, 1.54) is 0 Å². The van der Waals surface area contributed by atoms with Gasteiger partial charge in [0.1, 0.15) is 0 Å². The maximum atomic E-state index is 12.0. The Morgan fingerprint density at radius 2 is 1.88 bits per heavy atom. The van der Waals surface area contributed by atoms with Gasteiger partial charge in [0.25, 0.3) is 5.91 Å². The molecule has 5 heteroatoms. The van der Waals surface area contributed by atoms with E-state index in [2.05, 4.69) is 31.9 Å². The van der Waals surface area contributed by atoms with Gasteiger partial charge < -0.3 is 10.6 Å². The van der Waals surface area contributed by atoms with E-state index in [0.29, 0.717) is 18.7 Å². The van der Waals surface area contributed by atoms with E-state index >= 15 is 0 Å². The molecule has 1 aromatic rings. The standard InChI is InChI=1S/C11H14Br2N2O/c1-15(4-2-3-14)11(16)8-5-9(12)7-10(13)6-8/h5-7H,2-4,14H2,1H3. The Balaban J connectivity index is 2.79. The first-order chi connectivity index (χ1) is 7.54. The smallest absolute Gasteiger partial charge is 0.253 e. The first-order valence-corrected chi connectivity index (χ1v) is 6.55. The predicted octanol–water partition coefficient (Wildman–Crippen LogP) is 2.63. The molecule has 0 aliphatic rings. The zero-order valence-corrected chi connectivity index (χ0v) is 12.2. The molecule has 0 saturated carbocycles. The number of rotatable bonds is 4. The van der Waals surface area contributed by atoms with Crippen LogP contribution in [0.15, 0.2) is 27.1 Å². The van der Waals surface area contributed by atoms with Crippen LogP contribution in [0.4, 0.5) is 0 Å². The number of hydrogen-bond donors (Lipinski definition) is 1. The molecule has 0 saturated heterocycles. The van der Waals surface area contributed by atoms with Gasteiger partial charge in [-0.25, -0.2) is 0 Å². The molecule has 88 valence electrons. The SMILES string of the molecule is CN(CCCN)C(=O)c1cc(Br)cc(Br)c1. The van der Waals surface area contributed by atoms with Crippen molar-refractivity contribution in [2.45, 2.75) is 6.42 Å². The Morgan fingerprint density at radius 1 is 1.31 bits per heavy atom. The molecular formula is C11H14Br2N2O. The number of nitrogens with two attached hydrogens (primary N) is 1. The van der Waals surface area contributed by atoms with E-state index in [-0.39, 0.29) is 5.91 Å². The summed E-state index contributed by atoms with van der Waals surface area (Å²) in [5.74, 6) is 0.00968. The van der Waals surface area contributed by atoms with Crippen molar-refractivity contribution in [3.05, 3.63) is 32.7 Å². The highest BCUT2D eigenvalue weighted by Crippen LogP contribution is 2.20. The topological polar surface area (TPSA) is 46.3 Å². The molecule has 16 heavy (non-hydrogen) atoms. The van der Waals surface area contributed by atoms with E-state index in [9.17, 15) is 4.79 Å². The molecule has 0 radical (unpaired) electrons. The van der Waals surface area contributed by atoms with Gasteiger partial charge in [-0.2, -0.15) is 0 Å². The van der Waals surface area contributed by atoms with Crippen molar-refractivity contribution in [1.82, 2.24) is 4.90 Å². The van der Waals surface area contributed by atoms with Crippen molar-refractivity contribution < 1.29 is 4.79 Å². The lowest BCUT2D eigenvalue weighted by atomic mass is 10.2. The first kappa shape index (κ1) is 13.7. The van der Waals surface area contributed by atoms with E-state index in [1.54, 1.807) is 11.9 Å². The van der Waals surface area contributed by atoms with Crippen LogP contribution < -0.4 is 5.73 Å². The molecular weight excluding hydrogens is 336 g/mol. The quantitative estimate of drug-likeness (QED) is 0.908. The van der Waals surface area contributed by atoms with Crippen LogP contribution in [0.2, 0.25) is 0 Å². The second-order valence-electron chi connectivity index (χ2n) is 3.53. The molecule has 1 aromatic carbocycles. The van der Waals surface area contributed by atoms with Crippen LogP contribution in [0, 0.1) is 0 Å². The second kappa shape index (κ2) is 6.37. The molecule has 0 spiro atoms. The summed E-state index contributed by atoms with van der Waals surface area (Å²) in [5.41, 5.74) is 6.08. The van der Waals surface area contributed by atoms with Gasteiger partial charge in [-0.3, -0.25) is 4.79 Å². The number of hydrogen-bond acceptors (Lipinski definition) is 2. The van der Waals surface area contributed by atoms with Crippen LogP contribution in [0.1, 0.15) is 16.8 Å². The highest BCUT2D eigenvalue weighted by molar-refractivity contribution is 9.11. The van der Waals surface area contributed by atoms with E-state index in [4.69, 9.17) is 5.73 Å². The Hall–Kier alpha value is -0.390. The summed E-state index contributed by atoms with van der Waals surface area (Å²) >= 11 is 6.72. The minimum absolute atomic E-state index is 0.00968. The highest BCUT2D eigenvalue weighted by atomic mass is 79.9. The van der Waals surface area contributed by atoms with Gasteiger partial charge in [0.15, 0.2) is 0 Å². The fourth-order valence-electron chi connectivity index (χ4n) is 1.33. The summed E-state index contributed by atoms with van der Waals surface area (Å²) in [7, 11) is 1.78. The zero-order valence-electron chi connectivity index (χ0n) is 9.04. The molecule has 0 aliphatic carbocycles. The second-order valence-corrected chi connectivity index (χ2v) is 5.36. The van der Waals surface area contributed by atoms with Gasteiger partial charge in [0.2, 0.25) is 0 Å². The third-order valence-electron chi connectivity index (χ3n) is 2.15. The number of nitrogens with zero attached hydrogens (tertiary/aromatic N) is 1. The molecule has 2 N–H and O–H groups in total. The largest absolute Gasteiger partial charge is 0.342 e. The number of benzene rings is 1. The number of halogens is 2. The molecule has 0 atom stereocenters. The summed E-state index contributed by atoms with van der Waals surface area (Å²) < 4.78 is 1.77. The maximum Gasteiger partial charge on any atom is 0.253 e. The van der Waals surface area contributed by atoms with Crippen LogP contribution in [0.5, 0.6) is 0 Å². The number of amides is 1. The zero-order chi connectivity index (χ0) is 12.1. The first-order valence-electron chi connectivity index (χ1n) is 4.96. The van der Waals surface area contributed by atoms with E-state index in [0.717, 1.165) is 15.4 Å². The Morgan fingerprint density at radius 3 is 2.38 bits per heavy atom.